The van der Waals surface area contributed by atoms with Gasteiger partial charge in [0.2, 0.25) is 0 Å². The van der Waals surface area contributed by atoms with Crippen molar-refractivity contribution in [2.45, 2.75) is 122 Å². The summed E-state index contributed by atoms with van der Waals surface area (Å²) in [5, 5.41) is 13.6. The van der Waals surface area contributed by atoms with E-state index in [4.69, 9.17) is 42.6 Å². The van der Waals surface area contributed by atoms with Crippen molar-refractivity contribution in [3.05, 3.63) is 65.5 Å². The van der Waals surface area contributed by atoms with Gasteiger partial charge in [0, 0.05) is 47.0 Å². The molecule has 2 aromatic rings. The van der Waals surface area contributed by atoms with E-state index in [-0.39, 0.29) is 11.1 Å². The lowest BCUT2D eigenvalue weighted by Crippen LogP contribution is -2.89. The van der Waals surface area contributed by atoms with Crippen molar-refractivity contribution in [3.8, 4) is 0 Å². The molecule has 2 aliphatic heterocycles. The molecule has 19 heteroatoms. The number of rotatable bonds is 8. The van der Waals surface area contributed by atoms with E-state index in [2.05, 4.69) is 4.98 Å². The van der Waals surface area contributed by atoms with Gasteiger partial charge in [-0.1, -0.05) is 32.0 Å². The Morgan fingerprint density at radius 2 is 1.34 bits per heavy atom. The van der Waals surface area contributed by atoms with E-state index in [1.54, 1.807) is 25.1 Å². The molecule has 3 fully saturated rings. The van der Waals surface area contributed by atoms with E-state index >= 15 is 0 Å². The number of cyclic esters (lactones) is 1. The molecule has 2 saturated carbocycles. The molecule has 2 aliphatic carbocycles. The Labute approximate surface area is 355 Å². The maximum absolute atomic E-state index is 14.5. The SMILES string of the molecule is CC(=O)OCC12C(OC(C)=O)C(OC(=O)c3ccccc3)C3C(OC(C)=O)C14OC3(C)COC(=O)c1cnccc1C(C)C(C)C(=O)OC(C(OC(C)=O)C2OC(C)=O)C4(C)O. The van der Waals surface area contributed by atoms with Gasteiger partial charge in [-0.2, -0.15) is 0 Å². The second-order valence-electron chi connectivity index (χ2n) is 16.5. The fourth-order valence-electron chi connectivity index (χ4n) is 9.88. The van der Waals surface area contributed by atoms with E-state index in [0.717, 1.165) is 41.5 Å². The Hall–Kier alpha value is -5.95. The summed E-state index contributed by atoms with van der Waals surface area (Å²) < 4.78 is 55.4. The Balaban J connectivity index is 1.80. The summed E-state index contributed by atoms with van der Waals surface area (Å²) in [6.07, 6.45) is -9.56. The molecule has 4 bridgehead atoms. The minimum absolute atomic E-state index is 0.0151. The molecule has 0 amide bonds. The normalized spacial score (nSPS) is 36.0. The van der Waals surface area contributed by atoms with E-state index in [1.807, 2.05) is 0 Å². The van der Waals surface area contributed by atoms with Crippen LogP contribution in [0.3, 0.4) is 0 Å². The highest BCUT2D eigenvalue weighted by atomic mass is 16.7. The molecular weight excluding hydrogens is 818 g/mol. The van der Waals surface area contributed by atoms with E-state index in [9.17, 15) is 43.5 Å². The summed E-state index contributed by atoms with van der Waals surface area (Å²) in [5.74, 6) is -11.7. The van der Waals surface area contributed by atoms with Gasteiger partial charge in [0.15, 0.2) is 30.0 Å². The van der Waals surface area contributed by atoms with Crippen molar-refractivity contribution in [2.24, 2.45) is 17.3 Å². The number of hydrogen-bond acceptors (Lipinski definition) is 19. The molecule has 334 valence electrons. The van der Waals surface area contributed by atoms with E-state index in [1.165, 1.54) is 44.4 Å². The lowest BCUT2D eigenvalue weighted by molar-refractivity contribution is -0.386. The zero-order chi connectivity index (χ0) is 45.7. The summed E-state index contributed by atoms with van der Waals surface area (Å²) in [6, 6.07) is 9.05. The molecule has 1 aromatic carbocycles. The number of hydrogen-bond donors (Lipinski definition) is 1. The number of benzene rings is 1. The van der Waals surface area contributed by atoms with Crippen LogP contribution in [-0.4, -0.2) is 124 Å². The van der Waals surface area contributed by atoms with Crippen molar-refractivity contribution in [1.29, 1.82) is 0 Å². The van der Waals surface area contributed by atoms with Crippen LogP contribution in [0.5, 0.6) is 0 Å². The topological polar surface area (TPSA) is 253 Å². The Morgan fingerprint density at radius 1 is 0.758 bits per heavy atom. The molecule has 19 nitrogen and oxygen atoms in total. The van der Waals surface area contributed by atoms with Gasteiger partial charge in [-0.15, -0.1) is 0 Å². The number of aromatic nitrogens is 1. The van der Waals surface area contributed by atoms with Crippen LogP contribution in [0.4, 0.5) is 0 Å². The van der Waals surface area contributed by atoms with Crippen LogP contribution in [0.2, 0.25) is 0 Å². The molecule has 13 unspecified atom stereocenters. The van der Waals surface area contributed by atoms with Crippen molar-refractivity contribution < 1.29 is 86.1 Å². The third kappa shape index (κ3) is 7.43. The lowest BCUT2D eigenvalue weighted by Gasteiger charge is -2.67. The molecule has 6 rings (SSSR count). The minimum Gasteiger partial charge on any atom is -0.465 e. The molecular formula is C43H49NO18. The van der Waals surface area contributed by atoms with Gasteiger partial charge < -0.3 is 47.7 Å². The summed E-state index contributed by atoms with van der Waals surface area (Å²) in [7, 11) is 0. The maximum Gasteiger partial charge on any atom is 0.340 e. The average molecular weight is 868 g/mol. The highest BCUT2D eigenvalue weighted by molar-refractivity contribution is 5.91. The lowest BCUT2D eigenvalue weighted by atomic mass is 9.45. The average Bonchev–Trinajstić information content (AvgIpc) is 3.42. The van der Waals surface area contributed by atoms with Gasteiger partial charge in [0.25, 0.3) is 0 Å². The molecule has 1 spiro atoms. The van der Waals surface area contributed by atoms with Crippen LogP contribution in [0.25, 0.3) is 0 Å². The number of pyridine rings is 1. The van der Waals surface area contributed by atoms with Gasteiger partial charge in [-0.25, -0.2) is 9.59 Å². The van der Waals surface area contributed by atoms with Crippen molar-refractivity contribution in [3.63, 3.8) is 0 Å². The first-order valence-electron chi connectivity index (χ1n) is 19.9. The molecule has 62 heavy (non-hydrogen) atoms. The van der Waals surface area contributed by atoms with Gasteiger partial charge in [-0.05, 0) is 43.5 Å². The number of carbonyl (C=O) groups is 8. The number of nitrogens with zero attached hydrogens (tertiary/aromatic N) is 1. The zero-order valence-corrected chi connectivity index (χ0v) is 35.6. The smallest absolute Gasteiger partial charge is 0.340 e. The molecule has 1 aromatic heterocycles. The number of fused-ring (bicyclic) bond motifs is 5. The van der Waals surface area contributed by atoms with Crippen molar-refractivity contribution in [2.75, 3.05) is 13.2 Å². The summed E-state index contributed by atoms with van der Waals surface area (Å²) in [6.45, 7) is 8.70. The monoisotopic (exact) mass is 867 g/mol. The van der Waals surface area contributed by atoms with Crippen LogP contribution >= 0.6 is 0 Å². The van der Waals surface area contributed by atoms with Crippen LogP contribution < -0.4 is 0 Å². The fraction of sp³-hybridized carbons (Fsp3) is 0.558. The number of esters is 8. The van der Waals surface area contributed by atoms with E-state index in [0.29, 0.717) is 5.56 Å². The van der Waals surface area contributed by atoms with Crippen LogP contribution in [0, 0.1) is 17.3 Å². The third-order valence-corrected chi connectivity index (χ3v) is 12.5. The quantitative estimate of drug-likeness (QED) is 0.295. The zero-order valence-electron chi connectivity index (χ0n) is 35.6. The first-order valence-corrected chi connectivity index (χ1v) is 19.9. The molecule has 13 atom stereocenters. The molecule has 3 heterocycles. The second kappa shape index (κ2) is 16.7. The number of aliphatic hydroxyl groups is 1. The van der Waals surface area contributed by atoms with Crippen molar-refractivity contribution in [1.82, 2.24) is 4.98 Å². The van der Waals surface area contributed by atoms with Crippen molar-refractivity contribution >= 4 is 47.8 Å². The van der Waals surface area contributed by atoms with Gasteiger partial charge in [0.05, 0.1) is 23.0 Å². The predicted octanol–water partition coefficient (Wildman–Crippen LogP) is 2.33. The van der Waals surface area contributed by atoms with Crippen LogP contribution in [0.15, 0.2) is 48.8 Å². The second-order valence-corrected chi connectivity index (χ2v) is 16.5. The summed E-state index contributed by atoms with van der Waals surface area (Å²) in [4.78, 5) is 114. The minimum atomic E-state index is -2.85. The third-order valence-electron chi connectivity index (χ3n) is 12.5. The molecule has 1 saturated heterocycles. The highest BCUT2D eigenvalue weighted by Gasteiger charge is 2.92. The Kier molecular flexibility index (Phi) is 12.3. The largest absolute Gasteiger partial charge is 0.465 e. The van der Waals surface area contributed by atoms with Gasteiger partial charge in [-0.3, -0.25) is 33.8 Å². The van der Waals surface area contributed by atoms with E-state index < -0.39 is 138 Å². The predicted molar refractivity (Wildman–Crippen MR) is 205 cm³/mol. The molecule has 0 radical (unpaired) electrons. The summed E-state index contributed by atoms with van der Waals surface area (Å²) in [5.41, 5.74) is -10.1. The maximum atomic E-state index is 14.5. The van der Waals surface area contributed by atoms with Gasteiger partial charge >= 0.3 is 47.8 Å². The standard InChI is InChI=1S/C43H49NO18/c1-20-21(2)37(50)61-34-32(56-23(4)46)36(59-26(7)49)42(19-54-22(3)45)35(58-25(6)48)31(60-38(51)27-13-11-10-12-14-27)30-33(57-24(5)47)43(42,41(34,9)53)62-40(30,8)18-55-39(52)29-17-44-16-15-28(20)29/h10-17,20-21,30-36,53H,18-19H2,1-9H3. The van der Waals surface area contributed by atoms with Gasteiger partial charge in [0.1, 0.15) is 42.0 Å². The highest BCUT2D eigenvalue weighted by Crippen LogP contribution is 2.70. The summed E-state index contributed by atoms with van der Waals surface area (Å²) >= 11 is 0. The Morgan fingerprint density at radius 3 is 1.92 bits per heavy atom. The first kappa shape index (κ1) is 45.6. The molecule has 4 aliphatic rings. The fourth-order valence-corrected chi connectivity index (χ4v) is 9.88. The number of ether oxygens (including phenoxy) is 9. The van der Waals surface area contributed by atoms with Crippen LogP contribution in [0.1, 0.15) is 94.5 Å². The number of carbonyl (C=O) groups excluding carboxylic acids is 8. The van der Waals surface area contributed by atoms with Crippen LogP contribution in [-0.2, 0) is 71.4 Å². The molecule has 1 N–H and O–H groups in total. The first-order chi connectivity index (χ1) is 29.0. The Bertz CT molecular complexity index is 2160.